The lowest BCUT2D eigenvalue weighted by Gasteiger charge is -2.15. The topological polar surface area (TPSA) is 110 Å². The maximum absolute atomic E-state index is 11.7. The number of amides is 1. The number of oxime groups is 1. The van der Waals surface area contributed by atoms with Crippen LogP contribution in [0.25, 0.3) is 11.1 Å². The SMILES string of the molecule is COc1ccc(-c2ccc(C3=NOC(CC(C(=O)NO)S(C)=O)C3)cc2)cn1. The minimum Gasteiger partial charge on any atom is -0.481 e. The van der Waals surface area contributed by atoms with Gasteiger partial charge in [0.05, 0.1) is 12.8 Å². The first-order valence-electron chi connectivity index (χ1n) is 8.61. The lowest BCUT2D eigenvalue weighted by molar-refractivity contribution is -0.129. The molecule has 0 bridgehead atoms. The van der Waals surface area contributed by atoms with Crippen molar-refractivity contribution < 1.29 is 23.8 Å². The molecule has 3 atom stereocenters. The first-order valence-corrected chi connectivity index (χ1v) is 10.2. The van der Waals surface area contributed by atoms with Crippen LogP contribution in [0.3, 0.4) is 0 Å². The van der Waals surface area contributed by atoms with Gasteiger partial charge in [-0.05, 0) is 17.2 Å². The zero-order valence-corrected chi connectivity index (χ0v) is 16.3. The van der Waals surface area contributed by atoms with Crippen LogP contribution in [-0.4, -0.2) is 50.7 Å². The fourth-order valence-electron chi connectivity index (χ4n) is 2.96. The summed E-state index contributed by atoms with van der Waals surface area (Å²) in [6.07, 6.45) is 3.50. The molecule has 0 saturated heterocycles. The van der Waals surface area contributed by atoms with Crippen LogP contribution in [0.15, 0.2) is 47.8 Å². The Morgan fingerprint density at radius 2 is 1.96 bits per heavy atom. The lowest BCUT2D eigenvalue weighted by Crippen LogP contribution is -2.37. The molecule has 8 nitrogen and oxygen atoms in total. The second-order valence-electron chi connectivity index (χ2n) is 6.34. The van der Waals surface area contributed by atoms with Gasteiger partial charge in [0.1, 0.15) is 11.4 Å². The van der Waals surface area contributed by atoms with Gasteiger partial charge in [-0.2, -0.15) is 0 Å². The van der Waals surface area contributed by atoms with Gasteiger partial charge in [-0.1, -0.05) is 29.4 Å². The van der Waals surface area contributed by atoms with Crippen LogP contribution in [0.4, 0.5) is 0 Å². The molecule has 1 aromatic carbocycles. The number of nitrogens with one attached hydrogen (secondary N) is 1. The van der Waals surface area contributed by atoms with E-state index in [0.29, 0.717) is 12.3 Å². The first kappa shape index (κ1) is 20.0. The van der Waals surface area contributed by atoms with Crippen LogP contribution >= 0.6 is 0 Å². The molecule has 2 heterocycles. The van der Waals surface area contributed by atoms with Crippen molar-refractivity contribution >= 4 is 22.4 Å². The van der Waals surface area contributed by atoms with Gasteiger partial charge in [-0.25, -0.2) is 10.5 Å². The fraction of sp³-hybridized carbons (Fsp3) is 0.316. The van der Waals surface area contributed by atoms with Crippen LogP contribution in [0.2, 0.25) is 0 Å². The molecule has 1 amide bonds. The Balaban J connectivity index is 1.65. The van der Waals surface area contributed by atoms with E-state index in [-0.39, 0.29) is 12.5 Å². The quantitative estimate of drug-likeness (QED) is 0.540. The average molecular weight is 403 g/mol. The van der Waals surface area contributed by atoms with Crippen molar-refractivity contribution in [1.29, 1.82) is 0 Å². The summed E-state index contributed by atoms with van der Waals surface area (Å²) in [7, 11) is 0.145. The highest BCUT2D eigenvalue weighted by atomic mass is 32.2. The molecule has 1 aliphatic heterocycles. The van der Waals surface area contributed by atoms with E-state index in [1.165, 1.54) is 6.26 Å². The third-order valence-corrected chi connectivity index (χ3v) is 5.72. The van der Waals surface area contributed by atoms with Crippen molar-refractivity contribution in [3.63, 3.8) is 0 Å². The number of ether oxygens (including phenoxy) is 1. The molecule has 148 valence electrons. The summed E-state index contributed by atoms with van der Waals surface area (Å²) in [5.74, 6) is -0.125. The van der Waals surface area contributed by atoms with Crippen molar-refractivity contribution in [2.24, 2.45) is 5.16 Å². The number of carbonyl (C=O) groups is 1. The molecule has 0 saturated carbocycles. The van der Waals surface area contributed by atoms with Crippen LogP contribution in [0, 0.1) is 0 Å². The van der Waals surface area contributed by atoms with Crippen molar-refractivity contribution in [3.8, 4) is 17.0 Å². The minimum absolute atomic E-state index is 0.206. The number of nitrogens with zero attached hydrogens (tertiary/aromatic N) is 2. The van der Waals surface area contributed by atoms with E-state index in [0.717, 1.165) is 22.4 Å². The number of hydrogen-bond acceptors (Lipinski definition) is 7. The summed E-state index contributed by atoms with van der Waals surface area (Å²) >= 11 is 0. The van der Waals surface area contributed by atoms with Crippen molar-refractivity contribution in [1.82, 2.24) is 10.5 Å². The van der Waals surface area contributed by atoms with E-state index in [9.17, 15) is 9.00 Å². The zero-order valence-electron chi connectivity index (χ0n) is 15.5. The van der Waals surface area contributed by atoms with Crippen LogP contribution < -0.4 is 10.2 Å². The van der Waals surface area contributed by atoms with Gasteiger partial charge in [-0.15, -0.1) is 0 Å². The van der Waals surface area contributed by atoms with Gasteiger partial charge in [-0.3, -0.25) is 14.2 Å². The summed E-state index contributed by atoms with van der Waals surface area (Å²) in [6.45, 7) is 0. The van der Waals surface area contributed by atoms with E-state index >= 15 is 0 Å². The summed E-state index contributed by atoms with van der Waals surface area (Å²) in [6, 6.07) is 11.6. The molecule has 2 aromatic rings. The van der Waals surface area contributed by atoms with Gasteiger partial charge in [0.2, 0.25) is 5.88 Å². The highest BCUT2D eigenvalue weighted by Gasteiger charge is 2.31. The summed E-state index contributed by atoms with van der Waals surface area (Å²) < 4.78 is 16.8. The molecule has 9 heteroatoms. The molecule has 0 radical (unpaired) electrons. The van der Waals surface area contributed by atoms with E-state index in [2.05, 4.69) is 10.1 Å². The molecule has 0 spiro atoms. The lowest BCUT2D eigenvalue weighted by atomic mass is 9.99. The molecule has 3 rings (SSSR count). The van der Waals surface area contributed by atoms with Gasteiger partial charge in [0.25, 0.3) is 5.91 Å². The summed E-state index contributed by atoms with van der Waals surface area (Å²) in [4.78, 5) is 21.3. The number of benzene rings is 1. The van der Waals surface area contributed by atoms with Crippen molar-refractivity contribution in [2.75, 3.05) is 13.4 Å². The molecule has 0 fully saturated rings. The second kappa shape index (κ2) is 8.94. The van der Waals surface area contributed by atoms with Crippen LogP contribution in [0.1, 0.15) is 18.4 Å². The fourth-order valence-corrected chi connectivity index (χ4v) is 3.80. The van der Waals surface area contributed by atoms with Gasteiger partial charge in [0, 0.05) is 47.7 Å². The summed E-state index contributed by atoms with van der Waals surface area (Å²) in [5, 5.41) is 12.0. The number of carbonyl (C=O) groups excluding carboxylic acids is 1. The molecule has 3 unspecified atom stereocenters. The van der Waals surface area contributed by atoms with Gasteiger partial charge in [0.15, 0.2) is 0 Å². The van der Waals surface area contributed by atoms with Crippen LogP contribution in [0.5, 0.6) is 5.88 Å². The monoisotopic (exact) mass is 403 g/mol. The average Bonchev–Trinajstić information content (AvgIpc) is 3.20. The second-order valence-corrected chi connectivity index (χ2v) is 7.90. The largest absolute Gasteiger partial charge is 0.481 e. The van der Waals surface area contributed by atoms with E-state index < -0.39 is 22.0 Å². The van der Waals surface area contributed by atoms with Crippen LogP contribution in [-0.2, 0) is 20.4 Å². The predicted molar refractivity (Wildman–Crippen MR) is 105 cm³/mol. The Labute approximate surface area is 165 Å². The van der Waals surface area contributed by atoms with Crippen molar-refractivity contribution in [3.05, 3.63) is 48.2 Å². The first-order chi connectivity index (χ1) is 13.5. The number of pyridine rings is 1. The standard InChI is InChI=1S/C19H21N3O5S/c1-26-18-8-7-14(11-20-18)12-3-5-13(6-4-12)16-9-15(27-22-16)10-17(28(2)25)19(23)21-24/h3-8,11,15,17,24H,9-10H2,1-2H3,(H,21,23). The van der Waals surface area contributed by atoms with E-state index in [1.807, 2.05) is 30.3 Å². The Kier molecular flexibility index (Phi) is 6.37. The maximum atomic E-state index is 11.7. The third kappa shape index (κ3) is 4.55. The molecule has 0 aliphatic carbocycles. The molecule has 2 N–H and O–H groups in total. The number of methoxy groups -OCH3 is 1. The molecular formula is C19H21N3O5S. The maximum Gasteiger partial charge on any atom is 0.259 e. The van der Waals surface area contributed by atoms with E-state index in [4.69, 9.17) is 14.8 Å². The normalized spacial score (nSPS) is 18.0. The van der Waals surface area contributed by atoms with Gasteiger partial charge < -0.3 is 9.57 Å². The Hall–Kier alpha value is -2.78. The molecule has 28 heavy (non-hydrogen) atoms. The number of hydrogen-bond donors (Lipinski definition) is 2. The summed E-state index contributed by atoms with van der Waals surface area (Å²) in [5.41, 5.74) is 5.20. The number of rotatable bonds is 7. The van der Waals surface area contributed by atoms with E-state index in [1.54, 1.807) is 24.9 Å². The van der Waals surface area contributed by atoms with Crippen molar-refractivity contribution in [2.45, 2.75) is 24.2 Å². The van der Waals surface area contributed by atoms with Gasteiger partial charge >= 0.3 is 0 Å². The minimum atomic E-state index is -1.43. The number of hydroxylamine groups is 1. The highest BCUT2D eigenvalue weighted by Crippen LogP contribution is 2.25. The Bertz CT molecular complexity index is 883. The molecule has 1 aromatic heterocycles. The number of aromatic nitrogens is 1. The predicted octanol–water partition coefficient (Wildman–Crippen LogP) is 1.89. The third-order valence-electron chi connectivity index (χ3n) is 4.51. The molecular weight excluding hydrogens is 382 g/mol. The highest BCUT2D eigenvalue weighted by molar-refractivity contribution is 7.85. The smallest absolute Gasteiger partial charge is 0.259 e. The Morgan fingerprint density at radius 3 is 2.54 bits per heavy atom. The zero-order chi connectivity index (χ0) is 20.1. The molecule has 1 aliphatic rings. The Morgan fingerprint density at radius 1 is 1.29 bits per heavy atom.